The van der Waals surface area contributed by atoms with Crippen LogP contribution >= 0.6 is 0 Å². The van der Waals surface area contributed by atoms with Gasteiger partial charge < -0.3 is 9.32 Å². The van der Waals surface area contributed by atoms with Gasteiger partial charge in [-0.1, -0.05) is 18.2 Å². The molecule has 0 radical (unpaired) electrons. The van der Waals surface area contributed by atoms with Crippen LogP contribution in [-0.4, -0.2) is 18.5 Å². The van der Waals surface area contributed by atoms with Gasteiger partial charge in [-0.05, 0) is 42.4 Å². The average Bonchev–Trinajstić information content (AvgIpc) is 2.95. The maximum atomic E-state index is 14.1. The lowest BCUT2D eigenvalue weighted by atomic mass is 9.84. The Hall–Kier alpha value is -2.13. The summed E-state index contributed by atoms with van der Waals surface area (Å²) in [6.45, 7) is 1.58. The number of rotatable bonds is 1. The highest BCUT2D eigenvalue weighted by molar-refractivity contribution is 5.78. The van der Waals surface area contributed by atoms with E-state index in [0.717, 1.165) is 28.6 Å². The number of halogens is 1. The first-order valence-electron chi connectivity index (χ1n) is 7.15. The van der Waals surface area contributed by atoms with E-state index >= 15 is 0 Å². The van der Waals surface area contributed by atoms with E-state index in [2.05, 4.69) is 23.1 Å². The van der Waals surface area contributed by atoms with Crippen molar-refractivity contribution in [3.8, 4) is 0 Å². The third kappa shape index (κ3) is 2.05. The zero-order valence-corrected chi connectivity index (χ0v) is 11.8. The van der Waals surface area contributed by atoms with Crippen LogP contribution in [0.4, 0.5) is 4.39 Å². The Morgan fingerprint density at radius 2 is 2.10 bits per heavy atom. The molecule has 0 amide bonds. The van der Waals surface area contributed by atoms with Crippen molar-refractivity contribution < 1.29 is 8.81 Å². The zero-order valence-electron chi connectivity index (χ0n) is 11.8. The van der Waals surface area contributed by atoms with Crippen molar-refractivity contribution in [3.05, 3.63) is 71.2 Å². The molecule has 1 atom stereocenters. The molecule has 0 aliphatic carbocycles. The van der Waals surface area contributed by atoms with Crippen molar-refractivity contribution in [1.82, 2.24) is 4.90 Å². The summed E-state index contributed by atoms with van der Waals surface area (Å²) < 4.78 is 19.5. The maximum absolute atomic E-state index is 14.1. The predicted molar refractivity (Wildman–Crippen MR) is 80.8 cm³/mol. The second kappa shape index (κ2) is 4.71. The Labute approximate surface area is 122 Å². The molecule has 3 aromatic rings. The first kappa shape index (κ1) is 12.6. The second-order valence-electron chi connectivity index (χ2n) is 5.77. The largest absolute Gasteiger partial charge is 0.464 e. The quantitative estimate of drug-likeness (QED) is 0.666. The maximum Gasteiger partial charge on any atom is 0.133 e. The molecule has 0 N–H and O–H groups in total. The predicted octanol–water partition coefficient (Wildman–Crippen LogP) is 4.15. The summed E-state index contributed by atoms with van der Waals surface area (Å²) in [6, 6.07) is 13.6. The topological polar surface area (TPSA) is 16.4 Å². The first-order chi connectivity index (χ1) is 10.2. The number of hydrogen-bond donors (Lipinski definition) is 0. The first-order valence-corrected chi connectivity index (χ1v) is 7.15. The molecule has 1 aliphatic rings. The van der Waals surface area contributed by atoms with Gasteiger partial charge in [0.15, 0.2) is 0 Å². The molecule has 2 nitrogen and oxygen atoms in total. The van der Waals surface area contributed by atoms with Crippen molar-refractivity contribution in [2.75, 3.05) is 13.6 Å². The van der Waals surface area contributed by atoms with Gasteiger partial charge in [0.05, 0.1) is 6.26 Å². The van der Waals surface area contributed by atoms with Crippen molar-refractivity contribution in [2.45, 2.75) is 12.5 Å². The molecule has 0 fully saturated rings. The van der Waals surface area contributed by atoms with E-state index in [1.807, 2.05) is 25.2 Å². The molecule has 3 heteroatoms. The molecule has 0 bridgehead atoms. The normalized spacial score (nSPS) is 18.9. The van der Waals surface area contributed by atoms with Crippen LogP contribution in [0.15, 0.2) is 53.1 Å². The van der Waals surface area contributed by atoms with Gasteiger partial charge in [-0.3, -0.25) is 0 Å². The lowest BCUT2D eigenvalue weighted by Gasteiger charge is -2.32. The Morgan fingerprint density at radius 3 is 3.00 bits per heavy atom. The lowest BCUT2D eigenvalue weighted by Crippen LogP contribution is -2.31. The van der Waals surface area contributed by atoms with E-state index in [0.29, 0.717) is 6.54 Å². The van der Waals surface area contributed by atoms with Gasteiger partial charge in [0.1, 0.15) is 11.4 Å². The molecule has 2 aromatic carbocycles. The fourth-order valence-electron chi connectivity index (χ4n) is 3.30. The van der Waals surface area contributed by atoms with Crippen LogP contribution < -0.4 is 0 Å². The fourth-order valence-corrected chi connectivity index (χ4v) is 3.30. The van der Waals surface area contributed by atoms with Gasteiger partial charge in [0, 0.05) is 30.0 Å². The molecule has 1 aromatic heterocycles. The number of nitrogens with zero attached hydrogens (tertiary/aromatic N) is 1. The molecule has 0 saturated heterocycles. The Morgan fingerprint density at radius 1 is 1.19 bits per heavy atom. The minimum Gasteiger partial charge on any atom is -0.464 e. The SMILES string of the molecule is CN1Cc2c(F)cccc2C(c2ccc3occc3c2)C1. The molecule has 1 aliphatic heterocycles. The minimum atomic E-state index is -0.103. The number of hydrogen-bond acceptors (Lipinski definition) is 2. The van der Waals surface area contributed by atoms with Crippen LogP contribution in [0.25, 0.3) is 11.0 Å². The summed E-state index contributed by atoms with van der Waals surface area (Å²) in [4.78, 5) is 2.18. The van der Waals surface area contributed by atoms with Gasteiger partial charge in [-0.15, -0.1) is 0 Å². The Kier molecular flexibility index (Phi) is 2.82. The van der Waals surface area contributed by atoms with E-state index in [-0.39, 0.29) is 11.7 Å². The highest BCUT2D eigenvalue weighted by Gasteiger charge is 2.26. The van der Waals surface area contributed by atoms with Gasteiger partial charge in [0.2, 0.25) is 0 Å². The molecule has 21 heavy (non-hydrogen) atoms. The van der Waals surface area contributed by atoms with Crippen LogP contribution in [0, 0.1) is 5.82 Å². The highest BCUT2D eigenvalue weighted by Crippen LogP contribution is 2.35. The number of fused-ring (bicyclic) bond motifs is 2. The van der Waals surface area contributed by atoms with Crippen LogP contribution in [-0.2, 0) is 6.54 Å². The molecule has 1 unspecified atom stereocenters. The van der Waals surface area contributed by atoms with E-state index < -0.39 is 0 Å². The second-order valence-corrected chi connectivity index (χ2v) is 5.77. The summed E-state index contributed by atoms with van der Waals surface area (Å²) in [6.07, 6.45) is 1.70. The minimum absolute atomic E-state index is 0.103. The highest BCUT2D eigenvalue weighted by atomic mass is 19.1. The van der Waals surface area contributed by atoms with Crippen molar-refractivity contribution >= 4 is 11.0 Å². The van der Waals surface area contributed by atoms with E-state index in [1.54, 1.807) is 12.3 Å². The third-order valence-corrected chi connectivity index (χ3v) is 4.33. The molecule has 4 rings (SSSR count). The van der Waals surface area contributed by atoms with Gasteiger partial charge in [-0.25, -0.2) is 4.39 Å². The molecule has 106 valence electrons. The molecular formula is C18H16FNO. The van der Waals surface area contributed by atoms with Crippen molar-refractivity contribution in [1.29, 1.82) is 0 Å². The monoisotopic (exact) mass is 281 g/mol. The summed E-state index contributed by atoms with van der Waals surface area (Å²) in [5, 5.41) is 1.10. The smallest absolute Gasteiger partial charge is 0.133 e. The molecule has 2 heterocycles. The summed E-state index contributed by atoms with van der Waals surface area (Å²) >= 11 is 0. The average molecular weight is 281 g/mol. The molecule has 0 spiro atoms. The zero-order chi connectivity index (χ0) is 14.4. The number of benzene rings is 2. The van der Waals surface area contributed by atoms with Gasteiger partial charge >= 0.3 is 0 Å². The Bertz CT molecular complexity index is 808. The molecular weight excluding hydrogens is 265 g/mol. The van der Waals surface area contributed by atoms with Gasteiger partial charge in [0.25, 0.3) is 0 Å². The van der Waals surface area contributed by atoms with Crippen molar-refractivity contribution in [3.63, 3.8) is 0 Å². The summed E-state index contributed by atoms with van der Waals surface area (Å²) in [7, 11) is 2.04. The summed E-state index contributed by atoms with van der Waals surface area (Å²) in [5.41, 5.74) is 4.03. The van der Waals surface area contributed by atoms with Crippen LogP contribution in [0.3, 0.4) is 0 Å². The van der Waals surface area contributed by atoms with Crippen molar-refractivity contribution in [2.24, 2.45) is 0 Å². The lowest BCUT2D eigenvalue weighted by molar-refractivity contribution is 0.288. The number of furan rings is 1. The van der Waals surface area contributed by atoms with Crippen LogP contribution in [0.5, 0.6) is 0 Å². The fraction of sp³-hybridized carbons (Fsp3) is 0.222. The van der Waals surface area contributed by atoms with Gasteiger partial charge in [-0.2, -0.15) is 0 Å². The summed E-state index contributed by atoms with van der Waals surface area (Å²) in [5.74, 6) is 0.0992. The standard InChI is InChI=1S/C18H16FNO/c1-20-10-15(14-3-2-4-17(19)16(14)11-20)12-5-6-18-13(9-12)7-8-21-18/h2-9,15H,10-11H2,1H3. The van der Waals surface area contributed by atoms with E-state index in [4.69, 9.17) is 4.42 Å². The number of likely N-dealkylation sites (N-methyl/N-ethyl adjacent to an activating group) is 1. The Balaban J connectivity index is 1.86. The third-order valence-electron chi connectivity index (χ3n) is 4.33. The van der Waals surface area contributed by atoms with Crippen LogP contribution in [0.1, 0.15) is 22.6 Å². The van der Waals surface area contributed by atoms with E-state index in [9.17, 15) is 4.39 Å². The molecule has 0 saturated carbocycles. The van der Waals surface area contributed by atoms with Crippen LogP contribution in [0.2, 0.25) is 0 Å². The van der Waals surface area contributed by atoms with E-state index in [1.165, 1.54) is 5.56 Å².